The van der Waals surface area contributed by atoms with Crippen LogP contribution >= 0.6 is 0 Å². The highest BCUT2D eigenvalue weighted by Gasteiger charge is 2.22. The molecule has 0 bridgehead atoms. The summed E-state index contributed by atoms with van der Waals surface area (Å²) in [7, 11) is 0. The first-order chi connectivity index (χ1) is 7.66. The molecule has 88 valence electrons. The SMILES string of the molecule is CC(NC1CCc2ccccc2C1)C(F)F. The van der Waals surface area contributed by atoms with Crippen LogP contribution in [0.2, 0.25) is 0 Å². The lowest BCUT2D eigenvalue weighted by Gasteiger charge is -2.28. The van der Waals surface area contributed by atoms with Crippen molar-refractivity contribution >= 4 is 0 Å². The van der Waals surface area contributed by atoms with Gasteiger partial charge in [0.2, 0.25) is 0 Å². The average Bonchev–Trinajstić information content (AvgIpc) is 2.28. The van der Waals surface area contributed by atoms with Crippen molar-refractivity contribution in [1.82, 2.24) is 5.32 Å². The zero-order chi connectivity index (χ0) is 11.5. The van der Waals surface area contributed by atoms with Crippen LogP contribution in [0.15, 0.2) is 24.3 Å². The van der Waals surface area contributed by atoms with Crippen molar-refractivity contribution in [3.05, 3.63) is 35.4 Å². The zero-order valence-corrected chi connectivity index (χ0v) is 9.42. The Labute approximate surface area is 94.9 Å². The molecule has 0 spiro atoms. The molecule has 0 heterocycles. The molecule has 0 radical (unpaired) electrons. The van der Waals surface area contributed by atoms with Crippen molar-refractivity contribution in [2.45, 2.75) is 44.7 Å². The largest absolute Gasteiger partial charge is 0.306 e. The first-order valence-electron chi connectivity index (χ1n) is 5.78. The van der Waals surface area contributed by atoms with E-state index in [1.54, 1.807) is 6.92 Å². The molecule has 2 atom stereocenters. The standard InChI is InChI=1S/C13H17F2N/c1-9(13(14)15)16-12-7-6-10-4-2-3-5-11(10)8-12/h2-5,9,12-13,16H,6-8H2,1H3. The number of hydrogen-bond acceptors (Lipinski definition) is 1. The van der Waals surface area contributed by atoms with Gasteiger partial charge in [0, 0.05) is 6.04 Å². The Morgan fingerprint density at radius 3 is 2.62 bits per heavy atom. The third kappa shape index (κ3) is 2.59. The normalized spacial score (nSPS) is 21.9. The zero-order valence-electron chi connectivity index (χ0n) is 9.42. The number of halogens is 2. The van der Waals surface area contributed by atoms with Gasteiger partial charge in [0.1, 0.15) is 0 Å². The minimum atomic E-state index is -2.28. The van der Waals surface area contributed by atoms with Crippen LogP contribution in [0.25, 0.3) is 0 Å². The second kappa shape index (κ2) is 4.91. The molecule has 2 rings (SSSR count). The fourth-order valence-corrected chi connectivity index (χ4v) is 2.28. The lowest BCUT2D eigenvalue weighted by Crippen LogP contribution is -2.43. The highest BCUT2D eigenvalue weighted by Crippen LogP contribution is 2.21. The van der Waals surface area contributed by atoms with Gasteiger partial charge < -0.3 is 5.32 Å². The van der Waals surface area contributed by atoms with Gasteiger partial charge in [-0.15, -0.1) is 0 Å². The maximum atomic E-state index is 12.4. The van der Waals surface area contributed by atoms with Crippen LogP contribution in [0.5, 0.6) is 0 Å². The third-order valence-electron chi connectivity index (χ3n) is 3.22. The monoisotopic (exact) mass is 225 g/mol. The minimum absolute atomic E-state index is 0.193. The van der Waals surface area contributed by atoms with Crippen LogP contribution in [0.4, 0.5) is 8.78 Å². The van der Waals surface area contributed by atoms with Gasteiger partial charge in [0.15, 0.2) is 0 Å². The summed E-state index contributed by atoms with van der Waals surface area (Å²) in [5, 5.41) is 3.01. The van der Waals surface area contributed by atoms with E-state index in [1.807, 2.05) is 12.1 Å². The molecule has 0 aliphatic heterocycles. The Balaban J connectivity index is 1.98. The molecule has 0 saturated carbocycles. The predicted molar refractivity (Wildman–Crippen MR) is 60.9 cm³/mol. The molecule has 1 aromatic carbocycles. The topological polar surface area (TPSA) is 12.0 Å². The molecule has 1 aliphatic carbocycles. The van der Waals surface area contributed by atoms with Gasteiger partial charge in [-0.05, 0) is 37.3 Å². The quantitative estimate of drug-likeness (QED) is 0.834. The van der Waals surface area contributed by atoms with E-state index < -0.39 is 12.5 Å². The van der Waals surface area contributed by atoms with Gasteiger partial charge in [-0.1, -0.05) is 24.3 Å². The highest BCUT2D eigenvalue weighted by molar-refractivity contribution is 5.30. The second-order valence-electron chi connectivity index (χ2n) is 4.50. The summed E-state index contributed by atoms with van der Waals surface area (Å²) in [6, 6.07) is 7.75. The molecule has 1 aromatic rings. The summed E-state index contributed by atoms with van der Waals surface area (Å²) in [5.41, 5.74) is 2.66. The summed E-state index contributed by atoms with van der Waals surface area (Å²) in [6.07, 6.45) is 0.530. The fourth-order valence-electron chi connectivity index (χ4n) is 2.28. The molecule has 1 N–H and O–H groups in total. The van der Waals surface area contributed by atoms with E-state index in [9.17, 15) is 8.78 Å². The van der Waals surface area contributed by atoms with Crippen molar-refractivity contribution in [2.75, 3.05) is 0 Å². The van der Waals surface area contributed by atoms with Gasteiger partial charge in [-0.2, -0.15) is 0 Å². The number of aryl methyl sites for hydroxylation is 1. The summed E-state index contributed by atoms with van der Waals surface area (Å²) in [6.45, 7) is 1.55. The van der Waals surface area contributed by atoms with E-state index in [2.05, 4.69) is 17.4 Å². The summed E-state index contributed by atoms with van der Waals surface area (Å²) < 4.78 is 24.8. The van der Waals surface area contributed by atoms with Crippen molar-refractivity contribution in [3.8, 4) is 0 Å². The molecule has 3 heteroatoms. The Morgan fingerprint density at radius 1 is 1.25 bits per heavy atom. The van der Waals surface area contributed by atoms with Crippen molar-refractivity contribution in [1.29, 1.82) is 0 Å². The van der Waals surface area contributed by atoms with Crippen molar-refractivity contribution in [3.63, 3.8) is 0 Å². The van der Waals surface area contributed by atoms with Crippen LogP contribution in [-0.4, -0.2) is 18.5 Å². The van der Waals surface area contributed by atoms with E-state index in [-0.39, 0.29) is 6.04 Å². The smallest absolute Gasteiger partial charge is 0.253 e. The molecule has 2 unspecified atom stereocenters. The summed E-state index contributed by atoms with van der Waals surface area (Å²) in [5.74, 6) is 0. The second-order valence-corrected chi connectivity index (χ2v) is 4.50. The first kappa shape index (κ1) is 11.5. The van der Waals surface area contributed by atoms with Crippen LogP contribution in [0.1, 0.15) is 24.5 Å². The number of alkyl halides is 2. The van der Waals surface area contributed by atoms with Crippen molar-refractivity contribution < 1.29 is 8.78 Å². The number of rotatable bonds is 3. The van der Waals surface area contributed by atoms with Crippen LogP contribution in [0, 0.1) is 0 Å². The average molecular weight is 225 g/mol. The van der Waals surface area contributed by atoms with Gasteiger partial charge in [0.25, 0.3) is 6.43 Å². The Hall–Kier alpha value is -0.960. The number of hydrogen-bond donors (Lipinski definition) is 1. The van der Waals surface area contributed by atoms with Gasteiger partial charge in [-0.3, -0.25) is 0 Å². The van der Waals surface area contributed by atoms with Crippen LogP contribution in [-0.2, 0) is 12.8 Å². The molecule has 1 aliphatic rings. The molecule has 0 amide bonds. The molecule has 0 fully saturated rings. The molecule has 0 saturated heterocycles. The van der Waals surface area contributed by atoms with Crippen molar-refractivity contribution in [2.24, 2.45) is 0 Å². The molecular weight excluding hydrogens is 208 g/mol. The fraction of sp³-hybridized carbons (Fsp3) is 0.538. The van der Waals surface area contributed by atoms with E-state index >= 15 is 0 Å². The van der Waals surface area contributed by atoms with Crippen LogP contribution in [0.3, 0.4) is 0 Å². The lowest BCUT2D eigenvalue weighted by atomic mass is 9.88. The lowest BCUT2D eigenvalue weighted by molar-refractivity contribution is 0.0986. The van der Waals surface area contributed by atoms with Gasteiger partial charge in [0.05, 0.1) is 6.04 Å². The molecule has 1 nitrogen and oxygen atoms in total. The van der Waals surface area contributed by atoms with E-state index in [4.69, 9.17) is 0 Å². The molecular formula is C13H17F2N. The predicted octanol–water partition coefficient (Wildman–Crippen LogP) is 2.79. The molecule has 0 aromatic heterocycles. The maximum absolute atomic E-state index is 12.4. The summed E-state index contributed by atoms with van der Waals surface area (Å²) in [4.78, 5) is 0. The maximum Gasteiger partial charge on any atom is 0.253 e. The van der Waals surface area contributed by atoms with Gasteiger partial charge in [-0.25, -0.2) is 8.78 Å². The van der Waals surface area contributed by atoms with Gasteiger partial charge >= 0.3 is 0 Å². The third-order valence-corrected chi connectivity index (χ3v) is 3.22. The number of benzene rings is 1. The minimum Gasteiger partial charge on any atom is -0.306 e. The Kier molecular flexibility index (Phi) is 3.54. The Morgan fingerprint density at radius 2 is 1.94 bits per heavy atom. The molecule has 16 heavy (non-hydrogen) atoms. The highest BCUT2D eigenvalue weighted by atomic mass is 19.3. The number of fused-ring (bicyclic) bond motifs is 1. The van der Waals surface area contributed by atoms with Crippen LogP contribution < -0.4 is 5.32 Å². The van der Waals surface area contributed by atoms with E-state index in [0.29, 0.717) is 0 Å². The summed E-state index contributed by atoms with van der Waals surface area (Å²) >= 11 is 0. The number of nitrogens with one attached hydrogen (secondary N) is 1. The van der Waals surface area contributed by atoms with E-state index in [1.165, 1.54) is 11.1 Å². The Bertz CT molecular complexity index is 352. The first-order valence-corrected chi connectivity index (χ1v) is 5.78. The van der Waals surface area contributed by atoms with E-state index in [0.717, 1.165) is 19.3 Å².